The summed E-state index contributed by atoms with van der Waals surface area (Å²) in [6.45, 7) is 4.31. The number of anilines is 1. The van der Waals surface area contributed by atoms with Crippen LogP contribution in [0.5, 0.6) is 11.5 Å². The van der Waals surface area contributed by atoms with E-state index in [-0.39, 0.29) is 36.8 Å². The molecule has 0 aliphatic heterocycles. The zero-order chi connectivity index (χ0) is 20.8. The zero-order valence-corrected chi connectivity index (χ0v) is 17.7. The maximum Gasteiger partial charge on any atom is 0.260 e. The van der Waals surface area contributed by atoms with Crippen molar-refractivity contribution >= 4 is 28.3 Å². The van der Waals surface area contributed by atoms with Crippen molar-refractivity contribution in [3.63, 3.8) is 0 Å². The first-order chi connectivity index (χ1) is 14.0. The van der Waals surface area contributed by atoms with Crippen molar-refractivity contribution in [2.45, 2.75) is 45.1 Å². The lowest BCUT2D eigenvalue weighted by molar-refractivity contribution is -0.134. The highest BCUT2D eigenvalue weighted by Crippen LogP contribution is 2.29. The molecule has 0 radical (unpaired) electrons. The number of nitrogens with zero attached hydrogens (tertiary/aromatic N) is 3. The van der Waals surface area contributed by atoms with Crippen LogP contribution in [0.4, 0.5) is 5.13 Å². The molecule has 1 fully saturated rings. The van der Waals surface area contributed by atoms with Gasteiger partial charge in [-0.3, -0.25) is 9.59 Å². The van der Waals surface area contributed by atoms with Crippen LogP contribution in [0, 0.1) is 0 Å². The van der Waals surface area contributed by atoms with Crippen LogP contribution >= 0.6 is 11.3 Å². The van der Waals surface area contributed by atoms with Crippen LogP contribution < -0.4 is 14.8 Å². The first-order valence-corrected chi connectivity index (χ1v) is 10.5. The van der Waals surface area contributed by atoms with Gasteiger partial charge in [-0.1, -0.05) is 37.3 Å². The van der Waals surface area contributed by atoms with Gasteiger partial charge in [0, 0.05) is 24.9 Å². The van der Waals surface area contributed by atoms with Crippen molar-refractivity contribution in [1.82, 2.24) is 15.1 Å². The van der Waals surface area contributed by atoms with Gasteiger partial charge in [-0.25, -0.2) is 0 Å². The van der Waals surface area contributed by atoms with Crippen molar-refractivity contribution in [2.75, 3.05) is 25.6 Å². The van der Waals surface area contributed by atoms with E-state index in [1.807, 2.05) is 26.0 Å². The summed E-state index contributed by atoms with van der Waals surface area (Å²) >= 11 is 1.37. The van der Waals surface area contributed by atoms with Gasteiger partial charge < -0.3 is 19.7 Å². The van der Waals surface area contributed by atoms with Crippen LogP contribution in [0.1, 0.15) is 44.0 Å². The number of aromatic nitrogens is 2. The Labute approximate surface area is 174 Å². The Morgan fingerprint density at radius 3 is 2.59 bits per heavy atom. The van der Waals surface area contributed by atoms with Crippen molar-refractivity contribution in [2.24, 2.45) is 0 Å². The summed E-state index contributed by atoms with van der Waals surface area (Å²) in [5.41, 5.74) is 0. The second-order valence-corrected chi connectivity index (χ2v) is 8.17. The fraction of sp³-hybridized carbons (Fsp3) is 0.500. The lowest BCUT2D eigenvalue weighted by atomic mass is 10.2. The predicted molar refractivity (Wildman–Crippen MR) is 110 cm³/mol. The van der Waals surface area contributed by atoms with Gasteiger partial charge >= 0.3 is 0 Å². The highest BCUT2D eigenvalue weighted by molar-refractivity contribution is 7.15. The smallest absolute Gasteiger partial charge is 0.260 e. The number of ether oxygens (including phenoxy) is 2. The average molecular weight is 419 g/mol. The summed E-state index contributed by atoms with van der Waals surface area (Å²) in [6.07, 6.45) is 2.11. The number of methoxy groups -OCH3 is 1. The number of benzene rings is 1. The van der Waals surface area contributed by atoms with Gasteiger partial charge in [0.15, 0.2) is 18.1 Å². The van der Waals surface area contributed by atoms with Crippen LogP contribution in [0.2, 0.25) is 0 Å². The molecule has 3 rings (SSSR count). The molecule has 1 heterocycles. The molecule has 1 aromatic carbocycles. The van der Waals surface area contributed by atoms with Gasteiger partial charge in [-0.05, 0) is 25.0 Å². The topological polar surface area (TPSA) is 93.7 Å². The van der Waals surface area contributed by atoms with E-state index in [4.69, 9.17) is 9.47 Å². The average Bonchev–Trinajstić information content (AvgIpc) is 3.44. The summed E-state index contributed by atoms with van der Waals surface area (Å²) in [5, 5.41) is 12.2. The summed E-state index contributed by atoms with van der Waals surface area (Å²) in [4.78, 5) is 26.7. The summed E-state index contributed by atoms with van der Waals surface area (Å²) in [7, 11) is 1.56. The monoisotopic (exact) mass is 418 g/mol. The van der Waals surface area contributed by atoms with Crippen LogP contribution in [-0.4, -0.2) is 53.2 Å². The minimum Gasteiger partial charge on any atom is -0.493 e. The number of hydrogen-bond acceptors (Lipinski definition) is 7. The Bertz CT molecular complexity index is 851. The molecule has 0 unspecified atom stereocenters. The number of carbonyl (C=O) groups is 2. The minimum atomic E-state index is -0.180. The van der Waals surface area contributed by atoms with Gasteiger partial charge in [0.1, 0.15) is 5.01 Å². The molecule has 9 heteroatoms. The molecule has 1 N–H and O–H groups in total. The lowest BCUT2D eigenvalue weighted by Gasteiger charge is -2.22. The third kappa shape index (κ3) is 5.90. The van der Waals surface area contributed by atoms with E-state index in [9.17, 15) is 9.59 Å². The maximum atomic E-state index is 12.7. The Balaban J connectivity index is 1.50. The number of carbonyl (C=O) groups excluding carboxylic acids is 2. The fourth-order valence-electron chi connectivity index (χ4n) is 2.78. The van der Waals surface area contributed by atoms with Crippen molar-refractivity contribution in [3.05, 3.63) is 29.3 Å². The van der Waals surface area contributed by atoms with Crippen LogP contribution in [-0.2, 0) is 9.59 Å². The third-order valence-electron chi connectivity index (χ3n) is 4.49. The molecule has 8 nitrogen and oxygen atoms in total. The first-order valence-electron chi connectivity index (χ1n) is 9.66. The van der Waals surface area contributed by atoms with E-state index in [1.165, 1.54) is 11.3 Å². The van der Waals surface area contributed by atoms with Gasteiger partial charge in [-0.15, -0.1) is 10.2 Å². The second-order valence-electron chi connectivity index (χ2n) is 7.16. The maximum absolute atomic E-state index is 12.7. The number of nitrogens with one attached hydrogen (secondary N) is 1. The van der Waals surface area contributed by atoms with E-state index in [0.29, 0.717) is 23.2 Å². The minimum absolute atomic E-state index is 0.0906. The third-order valence-corrected chi connectivity index (χ3v) is 5.63. The molecule has 0 saturated heterocycles. The van der Waals surface area contributed by atoms with Crippen molar-refractivity contribution in [1.29, 1.82) is 0 Å². The second kappa shape index (κ2) is 9.69. The predicted octanol–water partition coefficient (Wildman–Crippen LogP) is 3.07. The van der Waals surface area contributed by atoms with Crippen LogP contribution in [0.15, 0.2) is 24.3 Å². The summed E-state index contributed by atoms with van der Waals surface area (Å²) in [6, 6.07) is 7.38. The molecule has 2 amide bonds. The van der Waals surface area contributed by atoms with E-state index in [1.54, 1.807) is 24.1 Å². The highest BCUT2D eigenvalue weighted by atomic mass is 32.1. The Kier molecular flexibility index (Phi) is 7.03. The summed E-state index contributed by atoms with van der Waals surface area (Å²) in [5.74, 6) is 1.05. The molecular formula is C20H26N4O4S. The fourth-order valence-corrected chi connectivity index (χ4v) is 3.54. The molecule has 1 aliphatic rings. The molecule has 156 valence electrons. The number of para-hydroxylation sites is 2. The normalized spacial score (nSPS) is 13.2. The van der Waals surface area contributed by atoms with Gasteiger partial charge in [-0.2, -0.15) is 0 Å². The van der Waals surface area contributed by atoms with E-state index in [0.717, 1.165) is 17.8 Å². The Hall–Kier alpha value is -2.68. The first kappa shape index (κ1) is 21.0. The molecule has 0 spiro atoms. The molecule has 1 aromatic heterocycles. The van der Waals surface area contributed by atoms with E-state index < -0.39 is 0 Å². The SMILES string of the molecule is COc1ccccc1OCC(=O)N(CCC(=O)Nc1nnc(C(C)C)s1)C1CC1. The Morgan fingerprint density at radius 1 is 1.24 bits per heavy atom. The number of amides is 2. The van der Waals surface area contributed by atoms with E-state index >= 15 is 0 Å². The largest absolute Gasteiger partial charge is 0.493 e. The van der Waals surface area contributed by atoms with Gasteiger partial charge in [0.25, 0.3) is 5.91 Å². The highest BCUT2D eigenvalue weighted by Gasteiger charge is 2.33. The summed E-state index contributed by atoms with van der Waals surface area (Å²) < 4.78 is 10.9. The quantitative estimate of drug-likeness (QED) is 0.637. The Morgan fingerprint density at radius 2 is 1.97 bits per heavy atom. The molecule has 0 bridgehead atoms. The molecular weight excluding hydrogens is 392 g/mol. The molecule has 1 aliphatic carbocycles. The van der Waals surface area contributed by atoms with Crippen LogP contribution in [0.25, 0.3) is 0 Å². The standard InChI is InChI=1S/C20H26N4O4S/c1-13(2)19-22-23-20(29-19)21-17(25)10-11-24(14-8-9-14)18(26)12-28-16-7-5-4-6-15(16)27-3/h4-7,13-14H,8-12H2,1-3H3,(H,21,23,25). The number of rotatable bonds is 10. The van der Waals surface area contributed by atoms with Gasteiger partial charge in [0.05, 0.1) is 7.11 Å². The molecule has 29 heavy (non-hydrogen) atoms. The van der Waals surface area contributed by atoms with Crippen molar-refractivity contribution < 1.29 is 19.1 Å². The molecule has 1 saturated carbocycles. The zero-order valence-electron chi connectivity index (χ0n) is 16.9. The lowest BCUT2D eigenvalue weighted by Crippen LogP contribution is -2.38. The molecule has 0 atom stereocenters. The molecule has 2 aromatic rings. The van der Waals surface area contributed by atoms with Crippen LogP contribution in [0.3, 0.4) is 0 Å². The van der Waals surface area contributed by atoms with Gasteiger partial charge in [0.2, 0.25) is 11.0 Å². The van der Waals surface area contributed by atoms with E-state index in [2.05, 4.69) is 15.5 Å². The van der Waals surface area contributed by atoms with Crippen molar-refractivity contribution in [3.8, 4) is 11.5 Å². The number of hydrogen-bond donors (Lipinski definition) is 1.